The second-order valence-electron chi connectivity index (χ2n) is 6.38. The van der Waals surface area contributed by atoms with Gasteiger partial charge in [0.1, 0.15) is 5.82 Å². The van der Waals surface area contributed by atoms with Gasteiger partial charge in [0, 0.05) is 5.69 Å². The summed E-state index contributed by atoms with van der Waals surface area (Å²) in [6, 6.07) is 3.22. The molecule has 1 aromatic carbocycles. The lowest BCUT2D eigenvalue weighted by atomic mass is 9.89. The molecule has 1 saturated carbocycles. The summed E-state index contributed by atoms with van der Waals surface area (Å²) in [5.41, 5.74) is 7.42. The third-order valence-corrected chi connectivity index (χ3v) is 4.39. The van der Waals surface area contributed by atoms with E-state index in [1.165, 1.54) is 12.8 Å². The average molecular weight is 289 g/mol. The molecule has 3 rings (SSSR count). The van der Waals surface area contributed by atoms with Crippen molar-refractivity contribution in [1.29, 1.82) is 0 Å². The number of benzene rings is 1. The van der Waals surface area contributed by atoms with Gasteiger partial charge >= 0.3 is 0 Å². The summed E-state index contributed by atoms with van der Waals surface area (Å²) < 4.78 is 16.1. The van der Waals surface area contributed by atoms with Gasteiger partial charge < -0.3 is 5.73 Å². The van der Waals surface area contributed by atoms with Crippen molar-refractivity contribution in [3.8, 4) is 11.4 Å². The Labute approximate surface area is 123 Å². The molecule has 6 heteroatoms. The van der Waals surface area contributed by atoms with Crippen molar-refractivity contribution in [3.05, 3.63) is 23.5 Å². The van der Waals surface area contributed by atoms with Crippen molar-refractivity contribution in [2.45, 2.75) is 46.1 Å². The van der Waals surface area contributed by atoms with Crippen molar-refractivity contribution in [2.24, 2.45) is 5.41 Å². The van der Waals surface area contributed by atoms with Crippen LogP contribution in [-0.2, 0) is 6.54 Å². The molecular weight excluding hydrogens is 269 g/mol. The first kappa shape index (κ1) is 14.0. The first-order valence-corrected chi connectivity index (χ1v) is 7.31. The van der Waals surface area contributed by atoms with Gasteiger partial charge in [-0.25, -0.2) is 9.07 Å². The minimum Gasteiger partial charge on any atom is -0.399 e. The fraction of sp³-hybridized carbons (Fsp3) is 0.533. The van der Waals surface area contributed by atoms with Crippen molar-refractivity contribution in [1.82, 2.24) is 20.2 Å². The lowest BCUT2D eigenvalue weighted by molar-refractivity contribution is 0.267. The molecule has 0 atom stereocenters. The Kier molecular flexibility index (Phi) is 3.39. The molecule has 0 saturated heterocycles. The fourth-order valence-electron chi connectivity index (χ4n) is 3.21. The monoisotopic (exact) mass is 289 g/mol. The first-order chi connectivity index (χ1) is 9.98. The number of aromatic nitrogens is 4. The van der Waals surface area contributed by atoms with Crippen LogP contribution in [0.4, 0.5) is 10.1 Å². The smallest absolute Gasteiger partial charge is 0.185 e. The fourth-order valence-corrected chi connectivity index (χ4v) is 3.21. The largest absolute Gasteiger partial charge is 0.399 e. The van der Waals surface area contributed by atoms with Crippen LogP contribution in [0.2, 0.25) is 0 Å². The molecule has 0 aliphatic heterocycles. The summed E-state index contributed by atoms with van der Waals surface area (Å²) in [5.74, 6) is 0.146. The summed E-state index contributed by atoms with van der Waals surface area (Å²) >= 11 is 0. The van der Waals surface area contributed by atoms with Gasteiger partial charge in [-0.15, -0.1) is 5.10 Å². The lowest BCUT2D eigenvalue weighted by Gasteiger charge is -2.23. The Morgan fingerprint density at radius 2 is 2.05 bits per heavy atom. The molecule has 0 spiro atoms. The topological polar surface area (TPSA) is 69.6 Å². The molecule has 112 valence electrons. The number of nitrogen functional groups attached to an aromatic ring is 1. The molecule has 1 aliphatic rings. The van der Waals surface area contributed by atoms with Crippen LogP contribution in [0.1, 0.15) is 38.2 Å². The van der Waals surface area contributed by atoms with Gasteiger partial charge in [0.05, 0.1) is 12.1 Å². The molecule has 1 heterocycles. The van der Waals surface area contributed by atoms with Crippen molar-refractivity contribution in [3.63, 3.8) is 0 Å². The molecule has 1 fully saturated rings. The number of nitrogens with two attached hydrogens (primary N) is 1. The van der Waals surface area contributed by atoms with E-state index in [4.69, 9.17) is 5.73 Å². The number of rotatable bonds is 3. The number of anilines is 1. The predicted octanol–water partition coefficient (Wildman–Crippen LogP) is 2.95. The minimum absolute atomic E-state index is 0.190. The van der Waals surface area contributed by atoms with E-state index in [9.17, 15) is 4.39 Å². The van der Waals surface area contributed by atoms with Crippen LogP contribution in [0.15, 0.2) is 12.1 Å². The Bertz CT molecular complexity index is 658. The molecule has 2 N–H and O–H groups in total. The van der Waals surface area contributed by atoms with E-state index in [2.05, 4.69) is 22.4 Å². The van der Waals surface area contributed by atoms with E-state index in [1.807, 2.05) is 0 Å². The van der Waals surface area contributed by atoms with E-state index in [1.54, 1.807) is 23.7 Å². The molecule has 5 nitrogen and oxygen atoms in total. The van der Waals surface area contributed by atoms with Crippen LogP contribution < -0.4 is 5.73 Å². The highest BCUT2D eigenvalue weighted by atomic mass is 19.1. The van der Waals surface area contributed by atoms with Gasteiger partial charge in [0.25, 0.3) is 0 Å². The van der Waals surface area contributed by atoms with E-state index in [0.29, 0.717) is 29.2 Å². The Hall–Kier alpha value is -1.98. The van der Waals surface area contributed by atoms with Gasteiger partial charge in [-0.05, 0) is 53.3 Å². The van der Waals surface area contributed by atoms with Gasteiger partial charge in [-0.3, -0.25) is 0 Å². The number of hydrogen-bond donors (Lipinski definition) is 1. The highest BCUT2D eigenvalue weighted by Gasteiger charge is 2.31. The van der Waals surface area contributed by atoms with Crippen LogP contribution in [0, 0.1) is 18.2 Å². The van der Waals surface area contributed by atoms with Crippen molar-refractivity contribution >= 4 is 5.69 Å². The first-order valence-electron chi connectivity index (χ1n) is 7.31. The molecule has 0 unspecified atom stereocenters. The lowest BCUT2D eigenvalue weighted by Crippen LogP contribution is -2.21. The zero-order valence-corrected chi connectivity index (χ0v) is 12.4. The standard InChI is InChI=1S/C15H20FN5/c1-10-7-11(17)8-12(13(10)16)14-18-19-20-21(14)9-15(2)5-3-4-6-15/h7-8H,3-6,9,17H2,1-2H3. The summed E-state index contributed by atoms with van der Waals surface area (Å²) in [6.45, 7) is 4.65. The van der Waals surface area contributed by atoms with E-state index < -0.39 is 0 Å². The zero-order valence-electron chi connectivity index (χ0n) is 12.4. The second-order valence-corrected chi connectivity index (χ2v) is 6.38. The van der Waals surface area contributed by atoms with Crippen LogP contribution in [0.25, 0.3) is 11.4 Å². The number of hydrogen-bond acceptors (Lipinski definition) is 4. The molecule has 0 bridgehead atoms. The van der Waals surface area contributed by atoms with Gasteiger partial charge in [0.15, 0.2) is 5.82 Å². The quantitative estimate of drug-likeness (QED) is 0.882. The predicted molar refractivity (Wildman–Crippen MR) is 78.9 cm³/mol. The second kappa shape index (κ2) is 5.09. The number of halogens is 1. The van der Waals surface area contributed by atoms with E-state index >= 15 is 0 Å². The van der Waals surface area contributed by atoms with Crippen molar-refractivity contribution in [2.75, 3.05) is 5.73 Å². The van der Waals surface area contributed by atoms with Crippen molar-refractivity contribution < 1.29 is 4.39 Å². The van der Waals surface area contributed by atoms with Crippen LogP contribution in [0.5, 0.6) is 0 Å². The summed E-state index contributed by atoms with van der Waals surface area (Å²) in [4.78, 5) is 0. The summed E-state index contributed by atoms with van der Waals surface area (Å²) in [7, 11) is 0. The third-order valence-electron chi connectivity index (χ3n) is 4.39. The maximum Gasteiger partial charge on any atom is 0.185 e. The molecule has 1 aliphatic carbocycles. The Balaban J connectivity index is 1.99. The van der Waals surface area contributed by atoms with Gasteiger partial charge in [-0.1, -0.05) is 19.8 Å². The van der Waals surface area contributed by atoms with E-state index in [-0.39, 0.29) is 11.2 Å². The van der Waals surface area contributed by atoms with Crippen LogP contribution in [0.3, 0.4) is 0 Å². The zero-order chi connectivity index (χ0) is 15.0. The van der Waals surface area contributed by atoms with E-state index in [0.717, 1.165) is 12.8 Å². The van der Waals surface area contributed by atoms with Crippen LogP contribution >= 0.6 is 0 Å². The summed E-state index contributed by atoms with van der Waals surface area (Å²) in [6.07, 6.45) is 4.79. The van der Waals surface area contributed by atoms with Gasteiger partial charge in [-0.2, -0.15) is 0 Å². The van der Waals surface area contributed by atoms with Crippen LogP contribution in [-0.4, -0.2) is 20.2 Å². The number of aryl methyl sites for hydroxylation is 1. The summed E-state index contributed by atoms with van der Waals surface area (Å²) in [5, 5.41) is 11.8. The molecule has 0 amide bonds. The highest BCUT2D eigenvalue weighted by molar-refractivity contribution is 5.63. The normalized spacial score (nSPS) is 17.3. The maximum atomic E-state index is 14.4. The Morgan fingerprint density at radius 3 is 2.76 bits per heavy atom. The molecule has 1 aromatic heterocycles. The average Bonchev–Trinajstić information content (AvgIpc) is 3.04. The highest BCUT2D eigenvalue weighted by Crippen LogP contribution is 2.39. The van der Waals surface area contributed by atoms with Gasteiger partial charge in [0.2, 0.25) is 0 Å². The SMILES string of the molecule is Cc1cc(N)cc(-c2nnnn2CC2(C)CCCC2)c1F. The minimum atomic E-state index is -0.308. The molecule has 0 radical (unpaired) electrons. The number of nitrogens with zero attached hydrogens (tertiary/aromatic N) is 4. The number of tetrazole rings is 1. The molecule has 21 heavy (non-hydrogen) atoms. The maximum absolute atomic E-state index is 14.4. The molecule has 2 aromatic rings. The third kappa shape index (κ3) is 2.62. The Morgan fingerprint density at radius 1 is 1.33 bits per heavy atom. The molecular formula is C15H20FN5.